The monoisotopic (exact) mass is 504 g/mol. The second-order valence-electron chi connectivity index (χ2n) is 8.82. The number of rotatable bonds is 5. The molecule has 3 N–H and O–H groups in total. The van der Waals surface area contributed by atoms with E-state index in [9.17, 15) is 18.0 Å². The Morgan fingerprint density at radius 2 is 1.83 bits per heavy atom. The van der Waals surface area contributed by atoms with Crippen molar-refractivity contribution in [2.75, 3.05) is 5.32 Å². The summed E-state index contributed by atoms with van der Waals surface area (Å²) in [4.78, 5) is 27.0. The molecule has 0 fully saturated rings. The highest BCUT2D eigenvalue weighted by Gasteiger charge is 2.23. The number of benzene rings is 2. The van der Waals surface area contributed by atoms with Gasteiger partial charge in [0.05, 0.1) is 27.9 Å². The van der Waals surface area contributed by atoms with Gasteiger partial charge in [0.2, 0.25) is 10.0 Å². The van der Waals surface area contributed by atoms with Gasteiger partial charge in [-0.15, -0.1) is 0 Å². The lowest BCUT2D eigenvalue weighted by Crippen LogP contribution is -2.19. The van der Waals surface area contributed by atoms with Gasteiger partial charge in [-0.1, -0.05) is 24.3 Å². The van der Waals surface area contributed by atoms with Crippen molar-refractivity contribution in [3.63, 3.8) is 0 Å². The molecule has 0 saturated carbocycles. The second kappa shape index (κ2) is 8.47. The van der Waals surface area contributed by atoms with E-state index >= 15 is 0 Å². The first-order valence-corrected chi connectivity index (χ1v) is 12.7. The number of aryl methyl sites for hydroxylation is 1. The van der Waals surface area contributed by atoms with E-state index in [1.165, 1.54) is 18.2 Å². The third kappa shape index (κ3) is 3.88. The van der Waals surface area contributed by atoms with Gasteiger partial charge in [0, 0.05) is 41.9 Å². The fraction of sp³-hybridized carbons (Fsp3) is 0.160. The lowest BCUT2D eigenvalue weighted by Gasteiger charge is -2.09. The molecular formula is C25H24N6O4S. The number of amides is 1. The number of nitrogens with one attached hydrogen (secondary N) is 1. The average molecular weight is 505 g/mol. The van der Waals surface area contributed by atoms with Gasteiger partial charge in [0.15, 0.2) is 0 Å². The van der Waals surface area contributed by atoms with E-state index in [2.05, 4.69) is 10.4 Å². The lowest BCUT2D eigenvalue weighted by atomic mass is 10.1. The minimum absolute atomic E-state index is 0.109. The molecule has 2 aromatic carbocycles. The van der Waals surface area contributed by atoms with Crippen LogP contribution in [0.5, 0.6) is 0 Å². The predicted molar refractivity (Wildman–Crippen MR) is 138 cm³/mol. The lowest BCUT2D eigenvalue weighted by molar-refractivity contribution is 0.102. The number of primary sulfonamides is 1. The van der Waals surface area contributed by atoms with Crippen LogP contribution in [0.15, 0.2) is 76.8 Å². The van der Waals surface area contributed by atoms with Gasteiger partial charge >= 0.3 is 0 Å². The van der Waals surface area contributed by atoms with Crippen molar-refractivity contribution >= 4 is 43.4 Å². The Balaban J connectivity index is 1.75. The molecule has 0 aliphatic carbocycles. The molecule has 0 bridgehead atoms. The van der Waals surface area contributed by atoms with Crippen molar-refractivity contribution in [1.29, 1.82) is 0 Å². The summed E-state index contributed by atoms with van der Waals surface area (Å²) in [7, 11) is -2.25. The Bertz CT molecular complexity index is 1830. The summed E-state index contributed by atoms with van der Waals surface area (Å²) in [5, 5.41) is 13.6. The Morgan fingerprint density at radius 3 is 2.53 bits per heavy atom. The number of hydrogen-bond donors (Lipinski definition) is 2. The van der Waals surface area contributed by atoms with Crippen molar-refractivity contribution in [2.24, 2.45) is 12.2 Å². The van der Waals surface area contributed by atoms with Crippen LogP contribution in [0.2, 0.25) is 0 Å². The molecule has 5 aromatic rings. The van der Waals surface area contributed by atoms with E-state index in [-0.39, 0.29) is 27.7 Å². The van der Waals surface area contributed by atoms with Gasteiger partial charge in [-0.3, -0.25) is 14.3 Å². The smallest absolute Gasteiger partial charge is 0.275 e. The van der Waals surface area contributed by atoms with Crippen LogP contribution in [-0.4, -0.2) is 33.2 Å². The molecule has 11 heteroatoms. The van der Waals surface area contributed by atoms with Crippen LogP contribution in [0.4, 0.5) is 5.69 Å². The predicted octanol–water partition coefficient (Wildman–Crippen LogP) is 3.16. The standard InChI is InChI=1S/C25H24N6O4S/c1-15(2)31-13-17(12-27-31)30-14-20(24(32)28-16-7-6-8-18(11-16)36(26,34)35)22-19-9-4-5-10-21(19)29(3)25(33)23(22)30/h4-15H,1-3H3,(H,28,32)(H2,26,34,35). The van der Waals surface area contributed by atoms with Gasteiger partial charge in [-0.2, -0.15) is 5.10 Å². The van der Waals surface area contributed by atoms with E-state index < -0.39 is 15.9 Å². The van der Waals surface area contributed by atoms with Crippen molar-refractivity contribution in [2.45, 2.75) is 24.8 Å². The van der Waals surface area contributed by atoms with Crippen molar-refractivity contribution in [3.05, 3.63) is 83.0 Å². The Morgan fingerprint density at radius 1 is 1.08 bits per heavy atom. The number of nitrogens with zero attached hydrogens (tertiary/aromatic N) is 4. The summed E-state index contributed by atoms with van der Waals surface area (Å²) in [6, 6.07) is 13.2. The number of carbonyl (C=O) groups excluding carboxylic acids is 1. The minimum atomic E-state index is -3.95. The van der Waals surface area contributed by atoms with Crippen LogP contribution in [0.25, 0.3) is 27.5 Å². The third-order valence-electron chi connectivity index (χ3n) is 6.11. The first-order chi connectivity index (χ1) is 17.1. The SMILES string of the molecule is CC(C)n1cc(-n2cc(C(=O)Nc3cccc(S(N)(=O)=O)c3)c3c4ccccc4n(C)c(=O)c32)cn1. The van der Waals surface area contributed by atoms with Gasteiger partial charge in [0.1, 0.15) is 5.52 Å². The highest BCUT2D eigenvalue weighted by molar-refractivity contribution is 7.89. The molecule has 0 aliphatic rings. The molecule has 0 atom stereocenters. The molecule has 5 rings (SSSR count). The number of sulfonamides is 1. The minimum Gasteiger partial charge on any atom is -0.322 e. The largest absolute Gasteiger partial charge is 0.322 e. The maximum atomic E-state index is 13.6. The quantitative estimate of drug-likeness (QED) is 0.379. The number of para-hydroxylation sites is 1. The zero-order valence-electron chi connectivity index (χ0n) is 19.8. The number of fused-ring (bicyclic) bond motifs is 3. The van der Waals surface area contributed by atoms with Gasteiger partial charge in [0.25, 0.3) is 11.5 Å². The summed E-state index contributed by atoms with van der Waals surface area (Å²) in [6.45, 7) is 3.98. The molecule has 0 saturated heterocycles. The maximum absolute atomic E-state index is 13.6. The van der Waals surface area contributed by atoms with E-state index in [1.54, 1.807) is 39.3 Å². The van der Waals surface area contributed by atoms with Gasteiger partial charge in [-0.05, 0) is 38.1 Å². The number of carbonyl (C=O) groups is 1. The topological polar surface area (TPSA) is 134 Å². The summed E-state index contributed by atoms with van der Waals surface area (Å²) in [5.41, 5.74) is 1.90. The Hall–Kier alpha value is -4.22. The number of hydrogen-bond acceptors (Lipinski definition) is 5. The fourth-order valence-corrected chi connectivity index (χ4v) is 4.85. The number of pyridine rings is 1. The molecule has 0 radical (unpaired) electrons. The maximum Gasteiger partial charge on any atom is 0.275 e. The third-order valence-corrected chi connectivity index (χ3v) is 7.02. The number of nitrogens with two attached hydrogens (primary N) is 1. The zero-order valence-corrected chi connectivity index (χ0v) is 20.7. The van der Waals surface area contributed by atoms with Crippen molar-refractivity contribution in [3.8, 4) is 5.69 Å². The highest BCUT2D eigenvalue weighted by atomic mass is 32.2. The molecule has 10 nitrogen and oxygen atoms in total. The van der Waals surface area contributed by atoms with E-state index in [4.69, 9.17) is 5.14 Å². The van der Waals surface area contributed by atoms with Crippen LogP contribution in [-0.2, 0) is 17.1 Å². The normalized spacial score (nSPS) is 12.0. The van der Waals surface area contributed by atoms with E-state index in [0.29, 0.717) is 22.1 Å². The molecule has 184 valence electrons. The summed E-state index contributed by atoms with van der Waals surface area (Å²) in [6.07, 6.45) is 5.07. The molecule has 3 heterocycles. The molecule has 3 aromatic heterocycles. The molecule has 0 unspecified atom stereocenters. The zero-order chi connectivity index (χ0) is 25.8. The first kappa shape index (κ1) is 23.5. The van der Waals surface area contributed by atoms with Crippen LogP contribution in [0.1, 0.15) is 30.2 Å². The van der Waals surface area contributed by atoms with Gasteiger partial charge in [-0.25, -0.2) is 13.6 Å². The fourth-order valence-electron chi connectivity index (χ4n) is 4.29. The van der Waals surface area contributed by atoms with Crippen molar-refractivity contribution in [1.82, 2.24) is 18.9 Å². The first-order valence-electron chi connectivity index (χ1n) is 11.2. The molecule has 36 heavy (non-hydrogen) atoms. The highest BCUT2D eigenvalue weighted by Crippen LogP contribution is 2.30. The Kier molecular flexibility index (Phi) is 5.53. The molecule has 0 spiro atoms. The summed E-state index contributed by atoms with van der Waals surface area (Å²) < 4.78 is 28.5. The van der Waals surface area contributed by atoms with E-state index in [0.717, 1.165) is 5.39 Å². The van der Waals surface area contributed by atoms with Gasteiger partial charge < -0.3 is 14.5 Å². The average Bonchev–Trinajstić information content (AvgIpc) is 3.48. The number of anilines is 1. The number of aromatic nitrogens is 4. The van der Waals surface area contributed by atoms with Crippen LogP contribution < -0.4 is 16.0 Å². The summed E-state index contributed by atoms with van der Waals surface area (Å²) >= 11 is 0. The van der Waals surface area contributed by atoms with Crippen LogP contribution in [0.3, 0.4) is 0 Å². The molecule has 0 aliphatic heterocycles. The van der Waals surface area contributed by atoms with Crippen LogP contribution in [0, 0.1) is 0 Å². The molecule has 1 amide bonds. The van der Waals surface area contributed by atoms with Crippen molar-refractivity contribution < 1.29 is 13.2 Å². The summed E-state index contributed by atoms with van der Waals surface area (Å²) in [5.74, 6) is -0.500. The molecular weight excluding hydrogens is 480 g/mol. The second-order valence-corrected chi connectivity index (χ2v) is 10.4. The Labute approximate surface area is 206 Å². The van der Waals surface area contributed by atoms with E-state index in [1.807, 2.05) is 44.3 Å². The van der Waals surface area contributed by atoms with Crippen LogP contribution >= 0.6 is 0 Å².